The minimum atomic E-state index is -3.06. The monoisotopic (exact) mass is 334 g/mol. The van der Waals surface area contributed by atoms with Gasteiger partial charge in [0.15, 0.2) is 9.84 Å². The van der Waals surface area contributed by atoms with Gasteiger partial charge >= 0.3 is 0 Å². The average Bonchev–Trinajstić information content (AvgIpc) is 2.43. The number of anilines is 1. The van der Waals surface area contributed by atoms with E-state index in [1.54, 1.807) is 24.8 Å². The van der Waals surface area contributed by atoms with Gasteiger partial charge in [0.05, 0.1) is 10.7 Å². The van der Waals surface area contributed by atoms with Crippen molar-refractivity contribution in [2.24, 2.45) is 0 Å². The van der Waals surface area contributed by atoms with Gasteiger partial charge in [-0.25, -0.2) is 8.42 Å². The van der Waals surface area contributed by atoms with Crippen LogP contribution in [-0.4, -0.2) is 42.5 Å². The number of thioether (sulfide) groups is 1. The van der Waals surface area contributed by atoms with Crippen molar-refractivity contribution in [1.29, 1.82) is 0 Å². The Morgan fingerprint density at radius 1 is 1.50 bits per heavy atom. The number of benzene rings is 1. The summed E-state index contributed by atoms with van der Waals surface area (Å²) in [4.78, 5) is 2.02. The Morgan fingerprint density at radius 3 is 2.90 bits per heavy atom. The fourth-order valence-electron chi connectivity index (χ4n) is 2.22. The van der Waals surface area contributed by atoms with Crippen molar-refractivity contribution in [2.75, 3.05) is 29.5 Å². The number of hydrogen-bond acceptors (Lipinski definition) is 5. The molecule has 1 atom stereocenters. The molecule has 0 saturated carbocycles. The molecule has 1 saturated heterocycles. The predicted molar refractivity (Wildman–Crippen MR) is 86.8 cm³/mol. The molecule has 0 bridgehead atoms. The molecule has 0 aliphatic carbocycles. The lowest BCUT2D eigenvalue weighted by Crippen LogP contribution is -2.47. The first-order valence-corrected chi connectivity index (χ1v) is 9.76. The van der Waals surface area contributed by atoms with Crippen LogP contribution in [0.1, 0.15) is 12.5 Å². The summed E-state index contributed by atoms with van der Waals surface area (Å²) in [5.41, 5.74) is 7.23. The quantitative estimate of drug-likeness (QED) is 0.855. The third-order valence-corrected chi connectivity index (χ3v) is 7.12. The van der Waals surface area contributed by atoms with Gasteiger partial charge < -0.3 is 5.73 Å². The molecular weight excluding hydrogens is 316 g/mol. The summed E-state index contributed by atoms with van der Waals surface area (Å²) in [7, 11) is -3.06. The summed E-state index contributed by atoms with van der Waals surface area (Å²) in [5.74, 6) is 1.77. The fraction of sp³-hybridized carbons (Fsp3) is 0.538. The fourth-order valence-corrected chi connectivity index (χ4v) is 5.51. The highest BCUT2D eigenvalue weighted by Crippen LogP contribution is 2.25. The zero-order valence-electron chi connectivity index (χ0n) is 11.4. The third kappa shape index (κ3) is 3.61. The molecule has 0 amide bonds. The van der Waals surface area contributed by atoms with Crippen LogP contribution in [0.3, 0.4) is 0 Å². The molecule has 1 fully saturated rings. The van der Waals surface area contributed by atoms with E-state index < -0.39 is 15.2 Å². The summed E-state index contributed by atoms with van der Waals surface area (Å²) in [6, 6.07) is 5.48. The van der Waals surface area contributed by atoms with Gasteiger partial charge in [-0.05, 0) is 17.7 Å². The molecule has 112 valence electrons. The van der Waals surface area contributed by atoms with Crippen LogP contribution in [-0.2, 0) is 16.4 Å². The van der Waals surface area contributed by atoms with Gasteiger partial charge in [-0.2, -0.15) is 11.8 Å². The van der Waals surface area contributed by atoms with E-state index in [1.165, 1.54) is 0 Å². The summed E-state index contributed by atoms with van der Waals surface area (Å²) >= 11 is 7.72. The lowest BCUT2D eigenvalue weighted by molar-refractivity contribution is 0.262. The Kier molecular flexibility index (Phi) is 5.23. The highest BCUT2D eigenvalue weighted by molar-refractivity contribution is 8.01. The Bertz CT molecular complexity index is 578. The molecule has 1 aliphatic rings. The number of nitrogens with zero attached hydrogens (tertiary/aromatic N) is 1. The van der Waals surface area contributed by atoms with Crippen molar-refractivity contribution in [2.45, 2.75) is 18.8 Å². The first kappa shape index (κ1) is 15.9. The molecule has 1 unspecified atom stereocenters. The standard InChI is InChI=1S/C13H19ClN2O2S2/c1-2-20(17,18)13-9-19-6-5-16(13)8-10-3-4-12(15)11(14)7-10/h3-4,7,13H,2,5-6,8-9,15H2,1H3. The van der Waals surface area contributed by atoms with E-state index >= 15 is 0 Å². The molecule has 2 rings (SSSR count). The van der Waals surface area contributed by atoms with Crippen LogP contribution in [0.4, 0.5) is 5.69 Å². The van der Waals surface area contributed by atoms with Crippen LogP contribution < -0.4 is 5.73 Å². The van der Waals surface area contributed by atoms with Crippen LogP contribution in [0.5, 0.6) is 0 Å². The average molecular weight is 335 g/mol. The predicted octanol–water partition coefficient (Wildman–Crippen LogP) is 2.23. The maximum atomic E-state index is 12.2. The van der Waals surface area contributed by atoms with Crippen LogP contribution in [0.15, 0.2) is 18.2 Å². The molecule has 20 heavy (non-hydrogen) atoms. The van der Waals surface area contributed by atoms with Gasteiger partial charge in [-0.15, -0.1) is 0 Å². The van der Waals surface area contributed by atoms with Crippen LogP contribution in [0.2, 0.25) is 5.02 Å². The summed E-state index contributed by atoms with van der Waals surface area (Å²) in [5, 5.41) is 0.117. The molecule has 7 heteroatoms. The second-order valence-corrected chi connectivity index (χ2v) is 8.81. The first-order chi connectivity index (χ1) is 9.44. The Balaban J connectivity index is 2.18. The van der Waals surface area contributed by atoms with Crippen molar-refractivity contribution >= 4 is 38.9 Å². The molecule has 0 aromatic heterocycles. The summed E-state index contributed by atoms with van der Waals surface area (Å²) in [6.45, 7) is 3.06. The molecule has 2 N–H and O–H groups in total. The van der Waals surface area contributed by atoms with Crippen LogP contribution >= 0.6 is 23.4 Å². The second kappa shape index (κ2) is 6.56. The molecule has 4 nitrogen and oxygen atoms in total. The van der Waals surface area contributed by atoms with E-state index in [9.17, 15) is 8.42 Å². The highest BCUT2D eigenvalue weighted by Gasteiger charge is 2.32. The van der Waals surface area contributed by atoms with E-state index in [4.69, 9.17) is 17.3 Å². The van der Waals surface area contributed by atoms with Crippen LogP contribution in [0.25, 0.3) is 0 Å². The lowest BCUT2D eigenvalue weighted by atomic mass is 10.2. The Labute approximate surface area is 129 Å². The molecule has 0 spiro atoms. The number of halogens is 1. The van der Waals surface area contributed by atoms with Crippen molar-refractivity contribution < 1.29 is 8.42 Å². The third-order valence-electron chi connectivity index (χ3n) is 3.46. The maximum absolute atomic E-state index is 12.2. The van der Waals surface area contributed by atoms with Gasteiger partial charge in [0.1, 0.15) is 5.37 Å². The molecule has 1 aliphatic heterocycles. The number of nitrogens with two attached hydrogens (primary N) is 1. The Morgan fingerprint density at radius 2 is 2.25 bits per heavy atom. The normalized spacial score (nSPS) is 21.0. The number of hydrogen-bond donors (Lipinski definition) is 1. The first-order valence-electron chi connectivity index (χ1n) is 6.51. The van der Waals surface area contributed by atoms with Gasteiger partial charge in [-0.3, -0.25) is 4.90 Å². The van der Waals surface area contributed by atoms with Crippen molar-refractivity contribution in [1.82, 2.24) is 4.90 Å². The van der Waals surface area contributed by atoms with Crippen molar-refractivity contribution in [3.63, 3.8) is 0 Å². The largest absolute Gasteiger partial charge is 0.398 e. The SMILES string of the molecule is CCS(=O)(=O)C1CSCCN1Cc1ccc(N)c(Cl)c1. The van der Waals surface area contributed by atoms with Gasteiger partial charge in [0, 0.05) is 30.3 Å². The van der Waals surface area contributed by atoms with E-state index in [0.717, 1.165) is 17.9 Å². The van der Waals surface area contributed by atoms with Gasteiger partial charge in [0.25, 0.3) is 0 Å². The lowest BCUT2D eigenvalue weighted by Gasteiger charge is -2.34. The van der Waals surface area contributed by atoms with E-state index in [0.29, 0.717) is 23.0 Å². The maximum Gasteiger partial charge on any atom is 0.166 e. The second-order valence-electron chi connectivity index (χ2n) is 4.81. The summed E-state index contributed by atoms with van der Waals surface area (Å²) < 4.78 is 24.3. The molecule has 1 heterocycles. The van der Waals surface area contributed by atoms with E-state index in [1.807, 2.05) is 17.0 Å². The minimum Gasteiger partial charge on any atom is -0.398 e. The molecule has 1 aromatic rings. The highest BCUT2D eigenvalue weighted by atomic mass is 35.5. The number of rotatable bonds is 4. The number of sulfone groups is 1. The molecular formula is C13H19ClN2O2S2. The smallest absolute Gasteiger partial charge is 0.166 e. The Hall–Kier alpha value is -0.430. The number of nitrogen functional groups attached to an aromatic ring is 1. The minimum absolute atomic E-state index is 0.178. The van der Waals surface area contributed by atoms with Crippen molar-refractivity contribution in [3.8, 4) is 0 Å². The molecule has 1 aromatic carbocycles. The topological polar surface area (TPSA) is 63.4 Å². The zero-order valence-corrected chi connectivity index (χ0v) is 13.8. The van der Waals surface area contributed by atoms with Gasteiger partial charge in [-0.1, -0.05) is 24.6 Å². The van der Waals surface area contributed by atoms with E-state index in [2.05, 4.69) is 0 Å². The summed E-state index contributed by atoms with van der Waals surface area (Å²) in [6.07, 6.45) is 0. The van der Waals surface area contributed by atoms with Crippen LogP contribution in [0, 0.1) is 0 Å². The van der Waals surface area contributed by atoms with E-state index in [-0.39, 0.29) is 5.75 Å². The van der Waals surface area contributed by atoms with Gasteiger partial charge in [0.2, 0.25) is 0 Å². The molecule has 0 radical (unpaired) electrons. The zero-order chi connectivity index (χ0) is 14.8. The van der Waals surface area contributed by atoms with Crippen molar-refractivity contribution in [3.05, 3.63) is 28.8 Å².